The summed E-state index contributed by atoms with van der Waals surface area (Å²) in [6.45, 7) is 10.3. The zero-order valence-electron chi connectivity index (χ0n) is 11.1. The molecule has 2 aliphatic rings. The van der Waals surface area contributed by atoms with Crippen LogP contribution in [0.15, 0.2) is 0 Å². The first-order valence-corrected chi connectivity index (χ1v) is 6.80. The normalized spacial score (nSPS) is 32.8. The number of hydrogen-bond acceptors (Lipinski definition) is 2. The summed E-state index contributed by atoms with van der Waals surface area (Å²) >= 11 is 0. The van der Waals surface area contributed by atoms with Crippen LogP contribution in [0.25, 0.3) is 0 Å². The Morgan fingerprint density at radius 1 is 1.12 bits per heavy atom. The molecular formula is C14H27NO. The van der Waals surface area contributed by atoms with Crippen LogP contribution in [0.3, 0.4) is 0 Å². The first-order chi connectivity index (χ1) is 7.49. The second-order valence-electron chi connectivity index (χ2n) is 6.91. The van der Waals surface area contributed by atoms with E-state index in [2.05, 4.69) is 26.1 Å². The molecule has 1 aliphatic heterocycles. The fourth-order valence-electron chi connectivity index (χ4n) is 3.04. The quantitative estimate of drug-likeness (QED) is 0.797. The summed E-state index contributed by atoms with van der Waals surface area (Å²) in [6, 6.07) is 0.759. The lowest BCUT2D eigenvalue weighted by Crippen LogP contribution is -2.40. The number of nitrogens with one attached hydrogen (secondary N) is 1. The molecule has 1 saturated heterocycles. The average molecular weight is 225 g/mol. The zero-order valence-corrected chi connectivity index (χ0v) is 11.1. The Hall–Kier alpha value is -0.0800. The van der Waals surface area contributed by atoms with E-state index in [0.29, 0.717) is 10.8 Å². The molecule has 2 fully saturated rings. The lowest BCUT2D eigenvalue weighted by atomic mass is 9.82. The van der Waals surface area contributed by atoms with Crippen LogP contribution in [-0.4, -0.2) is 25.8 Å². The second kappa shape index (κ2) is 4.66. The van der Waals surface area contributed by atoms with Gasteiger partial charge in [-0.25, -0.2) is 0 Å². The van der Waals surface area contributed by atoms with Crippen molar-refractivity contribution in [2.75, 3.05) is 19.8 Å². The molecule has 1 N–H and O–H groups in total. The van der Waals surface area contributed by atoms with Crippen molar-refractivity contribution in [2.45, 2.75) is 58.9 Å². The zero-order chi connectivity index (χ0) is 11.6. The summed E-state index contributed by atoms with van der Waals surface area (Å²) in [4.78, 5) is 0. The Morgan fingerprint density at radius 3 is 2.38 bits per heavy atom. The molecule has 1 unspecified atom stereocenters. The summed E-state index contributed by atoms with van der Waals surface area (Å²) in [6.07, 6.45) is 6.52. The Bertz CT molecular complexity index is 231. The molecule has 1 saturated carbocycles. The van der Waals surface area contributed by atoms with Gasteiger partial charge in [-0.3, -0.25) is 0 Å². The smallest absolute Gasteiger partial charge is 0.0471 e. The molecule has 2 nitrogen and oxygen atoms in total. The highest BCUT2D eigenvalue weighted by molar-refractivity contribution is 4.88. The van der Waals surface area contributed by atoms with Crippen molar-refractivity contribution in [3.05, 3.63) is 0 Å². The van der Waals surface area contributed by atoms with Gasteiger partial charge in [0.05, 0.1) is 0 Å². The fraction of sp³-hybridized carbons (Fsp3) is 1.00. The highest BCUT2D eigenvalue weighted by Crippen LogP contribution is 2.37. The third kappa shape index (κ3) is 3.21. The van der Waals surface area contributed by atoms with Gasteiger partial charge >= 0.3 is 0 Å². The Labute approximate surface area is 100 Å². The maximum atomic E-state index is 5.44. The molecule has 0 amide bonds. The first kappa shape index (κ1) is 12.4. The molecule has 1 aliphatic carbocycles. The summed E-state index contributed by atoms with van der Waals surface area (Å²) < 4.78 is 5.44. The van der Waals surface area contributed by atoms with E-state index in [1.165, 1.54) is 38.6 Å². The van der Waals surface area contributed by atoms with Crippen molar-refractivity contribution in [3.63, 3.8) is 0 Å². The van der Waals surface area contributed by atoms with Gasteiger partial charge in [-0.1, -0.05) is 20.8 Å². The van der Waals surface area contributed by atoms with E-state index in [0.717, 1.165) is 19.3 Å². The molecule has 16 heavy (non-hydrogen) atoms. The summed E-state index contributed by atoms with van der Waals surface area (Å²) in [7, 11) is 0. The lowest BCUT2D eigenvalue weighted by Gasteiger charge is -2.35. The van der Waals surface area contributed by atoms with Crippen LogP contribution in [0.2, 0.25) is 0 Å². The van der Waals surface area contributed by atoms with Gasteiger partial charge in [0.25, 0.3) is 0 Å². The largest absolute Gasteiger partial charge is 0.381 e. The van der Waals surface area contributed by atoms with Gasteiger partial charge in [-0.05, 0) is 42.9 Å². The number of rotatable bonds is 3. The van der Waals surface area contributed by atoms with E-state index in [9.17, 15) is 0 Å². The van der Waals surface area contributed by atoms with Crippen LogP contribution in [0.4, 0.5) is 0 Å². The molecule has 1 atom stereocenters. The predicted molar refractivity (Wildman–Crippen MR) is 67.6 cm³/mol. The molecule has 0 aromatic heterocycles. The SMILES string of the molecule is CC1(C)CCC(NCC2(C)CCOCC2)C1. The van der Waals surface area contributed by atoms with E-state index in [-0.39, 0.29) is 0 Å². The highest BCUT2D eigenvalue weighted by Gasteiger charge is 2.33. The monoisotopic (exact) mass is 225 g/mol. The van der Waals surface area contributed by atoms with Crippen LogP contribution in [0.1, 0.15) is 52.9 Å². The van der Waals surface area contributed by atoms with Crippen molar-refractivity contribution in [1.82, 2.24) is 5.32 Å². The molecule has 2 rings (SSSR count). The molecule has 2 heteroatoms. The third-order valence-electron chi connectivity index (χ3n) is 4.49. The van der Waals surface area contributed by atoms with Crippen LogP contribution < -0.4 is 5.32 Å². The number of ether oxygens (including phenoxy) is 1. The van der Waals surface area contributed by atoms with Crippen molar-refractivity contribution >= 4 is 0 Å². The van der Waals surface area contributed by atoms with E-state index in [1.807, 2.05) is 0 Å². The highest BCUT2D eigenvalue weighted by atomic mass is 16.5. The summed E-state index contributed by atoms with van der Waals surface area (Å²) in [5.74, 6) is 0. The van der Waals surface area contributed by atoms with Gasteiger partial charge in [0, 0.05) is 25.8 Å². The van der Waals surface area contributed by atoms with Crippen LogP contribution in [0.5, 0.6) is 0 Å². The average Bonchev–Trinajstić information content (AvgIpc) is 2.57. The molecule has 0 bridgehead atoms. The van der Waals surface area contributed by atoms with Crippen molar-refractivity contribution in [1.29, 1.82) is 0 Å². The molecular weight excluding hydrogens is 198 g/mol. The molecule has 0 aromatic carbocycles. The Kier molecular flexibility index (Phi) is 3.60. The summed E-state index contributed by atoms with van der Waals surface area (Å²) in [5.41, 5.74) is 1.04. The fourth-order valence-corrected chi connectivity index (χ4v) is 3.04. The van der Waals surface area contributed by atoms with E-state index < -0.39 is 0 Å². The minimum Gasteiger partial charge on any atom is -0.381 e. The summed E-state index contributed by atoms with van der Waals surface area (Å²) in [5, 5.41) is 3.79. The van der Waals surface area contributed by atoms with Gasteiger partial charge in [-0.2, -0.15) is 0 Å². The van der Waals surface area contributed by atoms with Crippen molar-refractivity contribution < 1.29 is 4.74 Å². The second-order valence-corrected chi connectivity index (χ2v) is 6.91. The molecule has 0 spiro atoms. The van der Waals surface area contributed by atoms with Crippen LogP contribution in [0, 0.1) is 10.8 Å². The van der Waals surface area contributed by atoms with Gasteiger partial charge < -0.3 is 10.1 Å². The van der Waals surface area contributed by atoms with Crippen LogP contribution >= 0.6 is 0 Å². The van der Waals surface area contributed by atoms with E-state index >= 15 is 0 Å². The van der Waals surface area contributed by atoms with Crippen molar-refractivity contribution in [3.8, 4) is 0 Å². The van der Waals surface area contributed by atoms with E-state index in [1.54, 1.807) is 0 Å². The molecule has 0 aromatic rings. The van der Waals surface area contributed by atoms with Gasteiger partial charge in [0.2, 0.25) is 0 Å². The molecule has 94 valence electrons. The maximum absolute atomic E-state index is 5.44. The third-order valence-corrected chi connectivity index (χ3v) is 4.49. The Balaban J connectivity index is 1.75. The standard InChI is InChI=1S/C14H27NO/c1-13(2)5-4-12(10-13)15-11-14(3)6-8-16-9-7-14/h12,15H,4-11H2,1-3H3. The van der Waals surface area contributed by atoms with Gasteiger partial charge in [0.15, 0.2) is 0 Å². The van der Waals surface area contributed by atoms with Crippen LogP contribution in [-0.2, 0) is 4.74 Å². The Morgan fingerprint density at radius 2 is 1.81 bits per heavy atom. The van der Waals surface area contributed by atoms with Gasteiger partial charge in [0.1, 0.15) is 0 Å². The predicted octanol–water partition coefficient (Wildman–Crippen LogP) is 2.97. The minimum atomic E-state index is 0.477. The topological polar surface area (TPSA) is 21.3 Å². The first-order valence-electron chi connectivity index (χ1n) is 6.80. The van der Waals surface area contributed by atoms with E-state index in [4.69, 9.17) is 4.74 Å². The molecule has 1 heterocycles. The lowest BCUT2D eigenvalue weighted by molar-refractivity contribution is 0.0228. The van der Waals surface area contributed by atoms with Gasteiger partial charge in [-0.15, -0.1) is 0 Å². The number of hydrogen-bond donors (Lipinski definition) is 1. The van der Waals surface area contributed by atoms with Crippen molar-refractivity contribution in [2.24, 2.45) is 10.8 Å². The molecule has 0 radical (unpaired) electrons. The minimum absolute atomic E-state index is 0.477. The maximum Gasteiger partial charge on any atom is 0.0471 e.